The van der Waals surface area contributed by atoms with Gasteiger partial charge in [-0.25, -0.2) is 0 Å². The Morgan fingerprint density at radius 2 is 1.80 bits per heavy atom. The predicted octanol–water partition coefficient (Wildman–Crippen LogP) is 4.05. The summed E-state index contributed by atoms with van der Waals surface area (Å²) in [5.41, 5.74) is 0.366. The third kappa shape index (κ3) is 3.76. The van der Waals surface area contributed by atoms with Gasteiger partial charge in [-0.1, -0.05) is 53.9 Å². The normalized spacial score (nSPS) is 37.6. The maximum absolute atomic E-state index is 3.82. The van der Waals surface area contributed by atoms with Crippen molar-refractivity contribution < 1.29 is 0 Å². The number of piperazine rings is 1. The zero-order valence-electron chi connectivity index (χ0n) is 14.4. The van der Waals surface area contributed by atoms with E-state index in [2.05, 4.69) is 44.8 Å². The fourth-order valence-corrected chi connectivity index (χ4v) is 4.15. The van der Waals surface area contributed by atoms with Gasteiger partial charge in [0.25, 0.3) is 0 Å². The Balaban J connectivity index is 2.11. The van der Waals surface area contributed by atoms with E-state index in [4.69, 9.17) is 0 Å². The van der Waals surface area contributed by atoms with E-state index >= 15 is 0 Å². The highest BCUT2D eigenvalue weighted by molar-refractivity contribution is 4.95. The van der Waals surface area contributed by atoms with Crippen LogP contribution in [-0.4, -0.2) is 36.1 Å². The maximum atomic E-state index is 3.82. The minimum Gasteiger partial charge on any atom is -0.311 e. The summed E-state index contributed by atoms with van der Waals surface area (Å²) in [6, 6.07) is 2.22. The number of hydrogen-bond acceptors (Lipinski definition) is 2. The van der Waals surface area contributed by atoms with Crippen molar-refractivity contribution >= 4 is 0 Å². The molecule has 1 saturated heterocycles. The summed E-state index contributed by atoms with van der Waals surface area (Å²) in [5.74, 6) is 0.880. The molecule has 118 valence electrons. The molecule has 0 aromatic rings. The van der Waals surface area contributed by atoms with Crippen molar-refractivity contribution in [1.29, 1.82) is 0 Å². The molecule has 0 radical (unpaired) electrons. The molecule has 0 aromatic carbocycles. The first-order valence-electron chi connectivity index (χ1n) is 8.92. The molecular weight excluding hydrogens is 244 g/mol. The molecule has 2 nitrogen and oxygen atoms in total. The van der Waals surface area contributed by atoms with E-state index in [1.165, 1.54) is 51.6 Å². The van der Waals surface area contributed by atoms with Gasteiger partial charge in [0.05, 0.1) is 0 Å². The minimum absolute atomic E-state index is 0.366. The van der Waals surface area contributed by atoms with Crippen molar-refractivity contribution in [2.75, 3.05) is 13.1 Å². The number of nitrogens with one attached hydrogen (secondary N) is 1. The highest BCUT2D eigenvalue weighted by Gasteiger charge is 2.38. The van der Waals surface area contributed by atoms with Crippen molar-refractivity contribution in [3.05, 3.63) is 0 Å². The Labute approximate surface area is 126 Å². The number of hydrogen-bond donors (Lipinski definition) is 1. The van der Waals surface area contributed by atoms with Crippen LogP contribution >= 0.6 is 0 Å². The van der Waals surface area contributed by atoms with Crippen molar-refractivity contribution in [3.63, 3.8) is 0 Å². The molecule has 2 aliphatic rings. The van der Waals surface area contributed by atoms with E-state index < -0.39 is 0 Å². The van der Waals surface area contributed by atoms with Gasteiger partial charge < -0.3 is 5.32 Å². The van der Waals surface area contributed by atoms with Crippen LogP contribution in [-0.2, 0) is 0 Å². The van der Waals surface area contributed by atoms with Gasteiger partial charge in [-0.15, -0.1) is 0 Å². The predicted molar refractivity (Wildman–Crippen MR) is 88.1 cm³/mol. The van der Waals surface area contributed by atoms with Crippen LogP contribution in [0.25, 0.3) is 0 Å². The average molecular weight is 280 g/mol. The van der Waals surface area contributed by atoms with Crippen molar-refractivity contribution in [3.8, 4) is 0 Å². The molecule has 20 heavy (non-hydrogen) atoms. The first-order valence-corrected chi connectivity index (χ1v) is 8.92. The summed E-state index contributed by atoms with van der Waals surface area (Å²) in [6.07, 6.45) is 8.48. The fraction of sp³-hybridized carbons (Fsp3) is 1.00. The largest absolute Gasteiger partial charge is 0.311 e. The molecule has 1 N–H and O–H groups in total. The molecule has 1 aliphatic carbocycles. The van der Waals surface area contributed by atoms with Crippen LogP contribution < -0.4 is 5.32 Å². The van der Waals surface area contributed by atoms with Crippen molar-refractivity contribution in [2.45, 2.75) is 91.3 Å². The van der Waals surface area contributed by atoms with Gasteiger partial charge >= 0.3 is 0 Å². The summed E-state index contributed by atoms with van der Waals surface area (Å²) >= 11 is 0. The monoisotopic (exact) mass is 280 g/mol. The number of nitrogens with zero attached hydrogens (tertiary/aromatic N) is 1. The zero-order valence-corrected chi connectivity index (χ0v) is 14.4. The van der Waals surface area contributed by atoms with Crippen LogP contribution in [0.3, 0.4) is 0 Å². The standard InChI is InChI=1S/C18H36N2/c1-6-15-12-19-17(18(3,4)5)13-20(15)16-11-9-7-8-10-14(16)2/h14-17,19H,6-13H2,1-5H3. The highest BCUT2D eigenvalue weighted by atomic mass is 15.3. The Bertz CT molecular complexity index is 294. The third-order valence-electron chi connectivity index (χ3n) is 5.72. The van der Waals surface area contributed by atoms with Gasteiger partial charge in [0, 0.05) is 31.2 Å². The van der Waals surface area contributed by atoms with E-state index in [1.807, 2.05) is 0 Å². The first-order chi connectivity index (χ1) is 9.43. The van der Waals surface area contributed by atoms with E-state index in [0.29, 0.717) is 11.5 Å². The zero-order chi connectivity index (χ0) is 14.8. The third-order valence-corrected chi connectivity index (χ3v) is 5.72. The topological polar surface area (TPSA) is 15.3 Å². The summed E-state index contributed by atoms with van der Waals surface area (Å²) in [5, 5.41) is 3.82. The Kier molecular flexibility index (Phi) is 5.53. The molecule has 0 spiro atoms. The Morgan fingerprint density at radius 1 is 1.10 bits per heavy atom. The first kappa shape index (κ1) is 16.3. The molecule has 0 aromatic heterocycles. The lowest BCUT2D eigenvalue weighted by atomic mass is 9.83. The average Bonchev–Trinajstić information content (AvgIpc) is 2.61. The maximum Gasteiger partial charge on any atom is 0.0244 e. The molecule has 2 heteroatoms. The number of rotatable bonds is 2. The lowest BCUT2D eigenvalue weighted by Gasteiger charge is -2.49. The van der Waals surface area contributed by atoms with E-state index in [9.17, 15) is 0 Å². The van der Waals surface area contributed by atoms with Crippen LogP contribution in [0.4, 0.5) is 0 Å². The molecule has 2 fully saturated rings. The van der Waals surface area contributed by atoms with Crippen LogP contribution in [0.1, 0.15) is 73.1 Å². The SMILES string of the molecule is CCC1CNC(C(C)(C)C)CN1C1CCCCCC1C. The second-order valence-electron chi connectivity index (χ2n) is 8.27. The molecule has 0 bridgehead atoms. The summed E-state index contributed by atoms with van der Waals surface area (Å²) < 4.78 is 0. The van der Waals surface area contributed by atoms with Crippen LogP contribution in [0, 0.1) is 11.3 Å². The summed E-state index contributed by atoms with van der Waals surface area (Å²) in [4.78, 5) is 2.89. The van der Waals surface area contributed by atoms with Crippen LogP contribution in [0.15, 0.2) is 0 Å². The lowest BCUT2D eigenvalue weighted by molar-refractivity contribution is 0.0247. The second kappa shape index (κ2) is 6.79. The fourth-order valence-electron chi connectivity index (χ4n) is 4.15. The minimum atomic E-state index is 0.366. The van der Waals surface area contributed by atoms with Gasteiger partial charge in [-0.05, 0) is 30.6 Å². The van der Waals surface area contributed by atoms with Crippen molar-refractivity contribution in [2.24, 2.45) is 11.3 Å². The lowest BCUT2D eigenvalue weighted by Crippen LogP contribution is -2.63. The van der Waals surface area contributed by atoms with Crippen molar-refractivity contribution in [1.82, 2.24) is 10.2 Å². The van der Waals surface area contributed by atoms with Gasteiger partial charge in [0.2, 0.25) is 0 Å². The molecule has 2 rings (SSSR count). The summed E-state index contributed by atoms with van der Waals surface area (Å²) in [6.45, 7) is 14.4. The molecular formula is C18H36N2. The second-order valence-corrected chi connectivity index (χ2v) is 8.27. The van der Waals surface area contributed by atoms with E-state index in [0.717, 1.165) is 18.0 Å². The van der Waals surface area contributed by atoms with Gasteiger partial charge in [-0.2, -0.15) is 0 Å². The smallest absolute Gasteiger partial charge is 0.0244 e. The molecule has 1 saturated carbocycles. The molecule has 1 aliphatic heterocycles. The molecule has 4 unspecified atom stereocenters. The quantitative estimate of drug-likeness (QED) is 0.768. The molecule has 4 atom stereocenters. The highest BCUT2D eigenvalue weighted by Crippen LogP contribution is 2.32. The summed E-state index contributed by atoms with van der Waals surface area (Å²) in [7, 11) is 0. The van der Waals surface area contributed by atoms with E-state index in [1.54, 1.807) is 0 Å². The van der Waals surface area contributed by atoms with Gasteiger partial charge in [0.15, 0.2) is 0 Å². The van der Waals surface area contributed by atoms with Gasteiger partial charge in [-0.3, -0.25) is 4.90 Å². The van der Waals surface area contributed by atoms with Gasteiger partial charge in [0.1, 0.15) is 0 Å². The van der Waals surface area contributed by atoms with E-state index in [-0.39, 0.29) is 0 Å². The Morgan fingerprint density at radius 3 is 2.45 bits per heavy atom. The molecule has 1 heterocycles. The van der Waals surface area contributed by atoms with Crippen LogP contribution in [0.2, 0.25) is 0 Å². The molecule has 0 amide bonds. The van der Waals surface area contributed by atoms with Crippen LogP contribution in [0.5, 0.6) is 0 Å². The Hall–Kier alpha value is -0.0800.